The Morgan fingerprint density at radius 2 is 1.79 bits per heavy atom. The number of amides is 1. The number of aryl methyl sites for hydroxylation is 2. The van der Waals surface area contributed by atoms with Crippen LogP contribution < -0.4 is 0 Å². The van der Waals surface area contributed by atoms with Gasteiger partial charge in [0.25, 0.3) is 5.91 Å². The van der Waals surface area contributed by atoms with E-state index in [1.807, 2.05) is 36.9 Å². The highest BCUT2D eigenvalue weighted by Crippen LogP contribution is 2.40. The molecule has 1 amide bonds. The summed E-state index contributed by atoms with van der Waals surface area (Å²) in [5.74, 6) is 1.60. The van der Waals surface area contributed by atoms with Crippen molar-refractivity contribution in [2.75, 3.05) is 26.2 Å². The average Bonchev–Trinajstić information content (AvgIpc) is 3.52. The summed E-state index contributed by atoms with van der Waals surface area (Å²) in [5, 5.41) is 4.28. The lowest BCUT2D eigenvalue weighted by Gasteiger charge is -2.34. The fourth-order valence-corrected chi connectivity index (χ4v) is 6.69. The highest BCUT2D eigenvalue weighted by molar-refractivity contribution is 7.20. The summed E-state index contributed by atoms with van der Waals surface area (Å²) >= 11 is 3.23. The molecule has 0 spiro atoms. The number of nitrogens with zero attached hydrogens (tertiary/aromatic N) is 5. The van der Waals surface area contributed by atoms with Crippen molar-refractivity contribution in [2.24, 2.45) is 0 Å². The molecule has 0 N–H and O–H groups in total. The van der Waals surface area contributed by atoms with E-state index in [2.05, 4.69) is 22.4 Å². The maximum Gasteiger partial charge on any atom is 0.264 e. The van der Waals surface area contributed by atoms with E-state index >= 15 is 0 Å². The SMILES string of the molecule is Cc1nc(C2CC2)nc2sc(C(=O)N3CCN(Cc4csc(-c5ccccc5)n4)CC3)c(C)c12. The van der Waals surface area contributed by atoms with Gasteiger partial charge in [-0.05, 0) is 32.3 Å². The molecule has 1 saturated heterocycles. The van der Waals surface area contributed by atoms with E-state index in [4.69, 9.17) is 15.0 Å². The monoisotopic (exact) mass is 489 g/mol. The molecule has 34 heavy (non-hydrogen) atoms. The lowest BCUT2D eigenvalue weighted by molar-refractivity contribution is 0.0631. The first-order valence-electron chi connectivity index (χ1n) is 11.9. The molecule has 0 unspecified atom stereocenters. The highest BCUT2D eigenvalue weighted by atomic mass is 32.1. The molecule has 3 aromatic heterocycles. The fraction of sp³-hybridized carbons (Fsp3) is 0.385. The molecule has 1 aromatic carbocycles. The second kappa shape index (κ2) is 8.83. The van der Waals surface area contributed by atoms with Crippen molar-refractivity contribution in [3.05, 3.63) is 63.4 Å². The number of carbonyl (C=O) groups is 1. The summed E-state index contributed by atoms with van der Waals surface area (Å²) in [7, 11) is 0. The molecule has 0 radical (unpaired) electrons. The van der Waals surface area contributed by atoms with Gasteiger partial charge in [0.05, 0.1) is 16.3 Å². The molecule has 1 aliphatic heterocycles. The van der Waals surface area contributed by atoms with E-state index in [1.54, 1.807) is 11.3 Å². The molecule has 0 atom stereocenters. The Balaban J connectivity index is 1.12. The number of rotatable bonds is 5. The minimum atomic E-state index is 0.132. The van der Waals surface area contributed by atoms with Gasteiger partial charge < -0.3 is 4.90 Å². The van der Waals surface area contributed by atoms with E-state index < -0.39 is 0 Å². The first-order valence-corrected chi connectivity index (χ1v) is 13.6. The van der Waals surface area contributed by atoms with Crippen molar-refractivity contribution in [1.82, 2.24) is 24.8 Å². The Labute approximate surface area is 207 Å². The topological polar surface area (TPSA) is 62.2 Å². The average molecular weight is 490 g/mol. The van der Waals surface area contributed by atoms with E-state index in [9.17, 15) is 4.79 Å². The third-order valence-electron chi connectivity index (χ3n) is 6.74. The largest absolute Gasteiger partial charge is 0.335 e. The van der Waals surface area contributed by atoms with Crippen molar-refractivity contribution in [3.8, 4) is 10.6 Å². The Kier molecular flexibility index (Phi) is 5.67. The Morgan fingerprint density at radius 3 is 2.53 bits per heavy atom. The van der Waals surface area contributed by atoms with Crippen molar-refractivity contribution in [3.63, 3.8) is 0 Å². The molecule has 174 valence electrons. The number of aromatic nitrogens is 3. The maximum absolute atomic E-state index is 13.4. The van der Waals surface area contributed by atoms with Crippen LogP contribution in [-0.2, 0) is 6.54 Å². The fourth-order valence-electron chi connectivity index (χ4n) is 4.66. The number of thiophene rings is 1. The summed E-state index contributed by atoms with van der Waals surface area (Å²) in [6.45, 7) is 8.11. The van der Waals surface area contributed by atoms with Crippen molar-refractivity contribution in [1.29, 1.82) is 0 Å². The van der Waals surface area contributed by atoms with Gasteiger partial charge in [-0.25, -0.2) is 15.0 Å². The quantitative estimate of drug-likeness (QED) is 0.382. The zero-order chi connectivity index (χ0) is 23.2. The molecule has 2 aliphatic rings. The predicted octanol–water partition coefficient (Wildman–Crippen LogP) is 5.27. The van der Waals surface area contributed by atoms with Crippen LogP contribution in [0, 0.1) is 13.8 Å². The molecule has 8 heteroatoms. The molecule has 0 bridgehead atoms. The third-order valence-corrected chi connectivity index (χ3v) is 8.86. The summed E-state index contributed by atoms with van der Waals surface area (Å²) in [4.78, 5) is 34.0. The lowest BCUT2D eigenvalue weighted by Crippen LogP contribution is -2.48. The summed E-state index contributed by atoms with van der Waals surface area (Å²) in [5.41, 5.74) is 4.30. The van der Waals surface area contributed by atoms with Crippen LogP contribution in [0.1, 0.15) is 51.2 Å². The summed E-state index contributed by atoms with van der Waals surface area (Å²) in [6, 6.07) is 10.3. The molecular weight excluding hydrogens is 462 g/mol. The number of carbonyl (C=O) groups excluding carboxylic acids is 1. The standard InChI is InChI=1S/C26H27N5OS2/c1-16-21-17(2)27-23(18-8-9-18)29-25(21)34-22(16)26(32)31-12-10-30(11-13-31)14-20-15-33-24(28-20)19-6-4-3-5-7-19/h3-7,15,18H,8-14H2,1-2H3. The molecule has 4 aromatic rings. The molecule has 1 saturated carbocycles. The van der Waals surface area contributed by atoms with Gasteiger partial charge in [0.15, 0.2) is 0 Å². The minimum Gasteiger partial charge on any atom is -0.335 e. The number of benzene rings is 1. The van der Waals surface area contributed by atoms with Gasteiger partial charge in [0.2, 0.25) is 0 Å². The zero-order valence-electron chi connectivity index (χ0n) is 19.5. The number of fused-ring (bicyclic) bond motifs is 1. The van der Waals surface area contributed by atoms with Crippen LogP contribution >= 0.6 is 22.7 Å². The highest BCUT2D eigenvalue weighted by Gasteiger charge is 2.30. The van der Waals surface area contributed by atoms with Gasteiger partial charge in [0, 0.05) is 55.0 Å². The van der Waals surface area contributed by atoms with Crippen LogP contribution in [0.4, 0.5) is 0 Å². The maximum atomic E-state index is 13.4. The second-order valence-electron chi connectivity index (χ2n) is 9.26. The van der Waals surface area contributed by atoms with Gasteiger partial charge in [-0.15, -0.1) is 22.7 Å². The Bertz CT molecular complexity index is 1350. The molecule has 6 nitrogen and oxygen atoms in total. The Hall–Kier alpha value is -2.68. The van der Waals surface area contributed by atoms with Crippen molar-refractivity contribution in [2.45, 2.75) is 39.2 Å². The van der Waals surface area contributed by atoms with E-state index in [1.165, 1.54) is 24.2 Å². The molecule has 4 heterocycles. The second-order valence-corrected chi connectivity index (χ2v) is 11.1. The van der Waals surface area contributed by atoms with Gasteiger partial charge in [-0.1, -0.05) is 30.3 Å². The predicted molar refractivity (Wildman–Crippen MR) is 138 cm³/mol. The molecular formula is C26H27N5OS2. The molecule has 1 aliphatic carbocycles. The molecule has 2 fully saturated rings. The number of hydrogen-bond donors (Lipinski definition) is 0. The number of hydrogen-bond acceptors (Lipinski definition) is 7. The van der Waals surface area contributed by atoms with Crippen LogP contribution in [0.15, 0.2) is 35.7 Å². The lowest BCUT2D eigenvalue weighted by atomic mass is 10.1. The molecule has 6 rings (SSSR count). The number of piperazine rings is 1. The van der Waals surface area contributed by atoms with Gasteiger partial charge in [-0.3, -0.25) is 9.69 Å². The van der Waals surface area contributed by atoms with Crippen molar-refractivity contribution < 1.29 is 4.79 Å². The third kappa shape index (κ3) is 4.15. The van der Waals surface area contributed by atoms with Crippen LogP contribution in [-0.4, -0.2) is 56.8 Å². The summed E-state index contributed by atoms with van der Waals surface area (Å²) < 4.78 is 0. The van der Waals surface area contributed by atoms with Gasteiger partial charge >= 0.3 is 0 Å². The minimum absolute atomic E-state index is 0.132. The number of thiazole rings is 1. The smallest absolute Gasteiger partial charge is 0.264 e. The van der Waals surface area contributed by atoms with Crippen LogP contribution in [0.3, 0.4) is 0 Å². The zero-order valence-corrected chi connectivity index (χ0v) is 21.1. The van der Waals surface area contributed by atoms with E-state index in [0.717, 1.165) is 81.2 Å². The van der Waals surface area contributed by atoms with Crippen LogP contribution in [0.25, 0.3) is 20.8 Å². The van der Waals surface area contributed by atoms with E-state index in [0.29, 0.717) is 5.92 Å². The normalized spacial score (nSPS) is 16.9. The first-order chi connectivity index (χ1) is 16.6. The van der Waals surface area contributed by atoms with Crippen molar-refractivity contribution >= 4 is 38.8 Å². The first kappa shape index (κ1) is 21.8. The van der Waals surface area contributed by atoms with Crippen LogP contribution in [0.5, 0.6) is 0 Å². The Morgan fingerprint density at radius 1 is 1.03 bits per heavy atom. The van der Waals surface area contributed by atoms with Gasteiger partial charge in [-0.2, -0.15) is 0 Å². The van der Waals surface area contributed by atoms with Gasteiger partial charge in [0.1, 0.15) is 15.7 Å². The van der Waals surface area contributed by atoms with E-state index in [-0.39, 0.29) is 5.91 Å². The van der Waals surface area contributed by atoms with Crippen LogP contribution in [0.2, 0.25) is 0 Å². The summed E-state index contributed by atoms with van der Waals surface area (Å²) in [6.07, 6.45) is 2.36.